The minimum atomic E-state index is 0. The van der Waals surface area contributed by atoms with Gasteiger partial charge in [-0.2, -0.15) is 0 Å². The molecule has 0 spiro atoms. The number of aliphatic imine (C=N–C) groups is 1. The molecule has 1 fully saturated rings. The van der Waals surface area contributed by atoms with Gasteiger partial charge in [0, 0.05) is 44.9 Å². The standard InChI is InChI=1S/C21H36N4O2.HI/c1-6-11-25-12-10-17(15-25)14-23-21(22-7-2)24(3)16-18-8-9-19(26-4)13-20(18)27-5;/h8-9,13,17H,6-7,10-12,14-16H2,1-5H3,(H,22,23);1H. The van der Waals surface area contributed by atoms with Crippen LogP contribution >= 0.6 is 24.0 Å². The molecule has 7 heteroatoms. The monoisotopic (exact) mass is 504 g/mol. The molecule has 1 aromatic carbocycles. The lowest BCUT2D eigenvalue weighted by Crippen LogP contribution is -2.39. The molecule has 1 aliphatic rings. The molecule has 0 saturated carbocycles. The summed E-state index contributed by atoms with van der Waals surface area (Å²) in [6.45, 7) is 10.4. The summed E-state index contributed by atoms with van der Waals surface area (Å²) >= 11 is 0. The molecule has 1 heterocycles. The average molecular weight is 504 g/mol. The molecule has 0 amide bonds. The van der Waals surface area contributed by atoms with E-state index in [4.69, 9.17) is 14.5 Å². The van der Waals surface area contributed by atoms with Gasteiger partial charge in [0.15, 0.2) is 5.96 Å². The molecular formula is C21H37IN4O2. The number of hydrogen-bond acceptors (Lipinski definition) is 4. The normalized spacial score (nSPS) is 17.2. The Hall–Kier alpha value is -1.22. The summed E-state index contributed by atoms with van der Waals surface area (Å²) in [5, 5.41) is 3.42. The number of nitrogens with zero attached hydrogens (tertiary/aromatic N) is 3. The highest BCUT2D eigenvalue weighted by Crippen LogP contribution is 2.25. The van der Waals surface area contributed by atoms with Crippen LogP contribution in [0.1, 0.15) is 32.3 Å². The SMILES string of the molecule is CCCN1CCC(CN=C(NCC)N(C)Cc2ccc(OC)cc2OC)C1.I. The highest BCUT2D eigenvalue weighted by atomic mass is 127. The molecule has 0 aliphatic carbocycles. The van der Waals surface area contributed by atoms with E-state index in [2.05, 4.69) is 42.1 Å². The third kappa shape index (κ3) is 7.31. The Morgan fingerprint density at radius 3 is 2.71 bits per heavy atom. The average Bonchev–Trinajstić information content (AvgIpc) is 3.13. The van der Waals surface area contributed by atoms with Crippen LogP contribution in [0.5, 0.6) is 11.5 Å². The Bertz CT molecular complexity index is 612. The highest BCUT2D eigenvalue weighted by Gasteiger charge is 2.21. The highest BCUT2D eigenvalue weighted by molar-refractivity contribution is 14.0. The molecule has 160 valence electrons. The molecule has 1 unspecified atom stereocenters. The largest absolute Gasteiger partial charge is 0.497 e. The maximum atomic E-state index is 5.53. The van der Waals surface area contributed by atoms with Crippen molar-refractivity contribution >= 4 is 29.9 Å². The zero-order chi connectivity index (χ0) is 19.6. The van der Waals surface area contributed by atoms with Crippen LogP contribution in [0.15, 0.2) is 23.2 Å². The second-order valence-electron chi connectivity index (χ2n) is 7.18. The van der Waals surface area contributed by atoms with Gasteiger partial charge in [0.05, 0.1) is 14.2 Å². The molecule has 1 atom stereocenters. The van der Waals surface area contributed by atoms with Crippen LogP contribution in [0, 0.1) is 5.92 Å². The number of benzene rings is 1. The summed E-state index contributed by atoms with van der Waals surface area (Å²) in [6, 6.07) is 5.95. The van der Waals surface area contributed by atoms with Gasteiger partial charge >= 0.3 is 0 Å². The van der Waals surface area contributed by atoms with Gasteiger partial charge in [-0.05, 0) is 50.9 Å². The maximum absolute atomic E-state index is 5.53. The van der Waals surface area contributed by atoms with Gasteiger partial charge in [0.1, 0.15) is 11.5 Å². The molecule has 1 aliphatic heterocycles. The van der Waals surface area contributed by atoms with Crippen LogP contribution < -0.4 is 14.8 Å². The Morgan fingerprint density at radius 1 is 1.29 bits per heavy atom. The van der Waals surface area contributed by atoms with Gasteiger partial charge in [0.2, 0.25) is 0 Å². The lowest BCUT2D eigenvalue weighted by molar-refractivity contribution is 0.326. The molecule has 6 nitrogen and oxygen atoms in total. The van der Waals surface area contributed by atoms with Gasteiger partial charge in [-0.25, -0.2) is 0 Å². The van der Waals surface area contributed by atoms with Crippen LogP contribution in [0.25, 0.3) is 0 Å². The van der Waals surface area contributed by atoms with Gasteiger partial charge in [-0.3, -0.25) is 4.99 Å². The molecule has 1 saturated heterocycles. The number of methoxy groups -OCH3 is 2. The van der Waals surface area contributed by atoms with Gasteiger partial charge in [-0.15, -0.1) is 24.0 Å². The zero-order valence-corrected chi connectivity index (χ0v) is 20.4. The number of halogens is 1. The lowest BCUT2D eigenvalue weighted by Gasteiger charge is -2.24. The van der Waals surface area contributed by atoms with Crippen molar-refractivity contribution in [3.63, 3.8) is 0 Å². The second-order valence-corrected chi connectivity index (χ2v) is 7.18. The van der Waals surface area contributed by atoms with Crippen LogP contribution in [0.3, 0.4) is 0 Å². The molecule has 0 bridgehead atoms. The van der Waals surface area contributed by atoms with Crippen molar-refractivity contribution in [3.05, 3.63) is 23.8 Å². The van der Waals surface area contributed by atoms with Crippen LogP contribution in [0.2, 0.25) is 0 Å². The summed E-state index contributed by atoms with van der Waals surface area (Å²) in [4.78, 5) is 9.63. The third-order valence-corrected chi connectivity index (χ3v) is 5.01. The van der Waals surface area contributed by atoms with E-state index >= 15 is 0 Å². The summed E-state index contributed by atoms with van der Waals surface area (Å²) in [5.74, 6) is 3.25. The predicted octanol–water partition coefficient (Wildman–Crippen LogP) is 3.45. The smallest absolute Gasteiger partial charge is 0.193 e. The van der Waals surface area contributed by atoms with Gasteiger partial charge in [-0.1, -0.05) is 6.92 Å². The molecule has 1 aromatic rings. The first kappa shape index (κ1) is 24.8. The lowest BCUT2D eigenvalue weighted by atomic mass is 10.1. The number of ether oxygens (including phenoxy) is 2. The van der Waals surface area contributed by atoms with Crippen molar-refractivity contribution in [1.29, 1.82) is 0 Å². The zero-order valence-electron chi connectivity index (χ0n) is 18.0. The van der Waals surface area contributed by atoms with E-state index in [1.165, 1.54) is 32.5 Å². The summed E-state index contributed by atoms with van der Waals surface area (Å²) in [6.07, 6.45) is 2.48. The van der Waals surface area contributed by atoms with Crippen LogP contribution in [-0.2, 0) is 6.54 Å². The fourth-order valence-corrected chi connectivity index (χ4v) is 3.58. The third-order valence-electron chi connectivity index (χ3n) is 5.01. The quantitative estimate of drug-likeness (QED) is 0.317. The molecule has 0 aromatic heterocycles. The van der Waals surface area contributed by atoms with Crippen molar-refractivity contribution in [1.82, 2.24) is 15.1 Å². The number of hydrogen-bond donors (Lipinski definition) is 1. The van der Waals surface area contributed by atoms with Crippen molar-refractivity contribution < 1.29 is 9.47 Å². The molecular weight excluding hydrogens is 467 g/mol. The first-order chi connectivity index (χ1) is 13.1. The number of rotatable bonds is 9. The predicted molar refractivity (Wildman–Crippen MR) is 127 cm³/mol. The first-order valence-corrected chi connectivity index (χ1v) is 10.0. The molecule has 0 radical (unpaired) electrons. The van der Waals surface area contributed by atoms with Gasteiger partial charge in [0.25, 0.3) is 0 Å². The summed E-state index contributed by atoms with van der Waals surface area (Å²) < 4.78 is 10.8. The van der Waals surface area contributed by atoms with E-state index in [0.29, 0.717) is 5.92 Å². The molecule has 28 heavy (non-hydrogen) atoms. The Balaban J connectivity index is 0.00000392. The fourth-order valence-electron chi connectivity index (χ4n) is 3.58. The van der Waals surface area contributed by atoms with E-state index in [-0.39, 0.29) is 24.0 Å². The summed E-state index contributed by atoms with van der Waals surface area (Å²) in [5.41, 5.74) is 1.11. The molecule has 1 N–H and O–H groups in total. The van der Waals surface area contributed by atoms with Crippen LogP contribution in [-0.4, -0.2) is 69.8 Å². The van der Waals surface area contributed by atoms with Crippen molar-refractivity contribution in [2.24, 2.45) is 10.9 Å². The maximum Gasteiger partial charge on any atom is 0.193 e. The molecule has 2 rings (SSSR count). The van der Waals surface area contributed by atoms with Crippen LogP contribution in [0.4, 0.5) is 0 Å². The second kappa shape index (κ2) is 13.1. The van der Waals surface area contributed by atoms with Crippen molar-refractivity contribution in [3.8, 4) is 11.5 Å². The Labute approximate surface area is 187 Å². The van der Waals surface area contributed by atoms with E-state index in [1.54, 1.807) is 14.2 Å². The van der Waals surface area contributed by atoms with Crippen molar-refractivity contribution in [2.75, 3.05) is 54.0 Å². The van der Waals surface area contributed by atoms with E-state index < -0.39 is 0 Å². The minimum absolute atomic E-state index is 0. The number of nitrogens with one attached hydrogen (secondary N) is 1. The Kier molecular flexibility index (Phi) is 11.6. The Morgan fingerprint density at radius 2 is 2.07 bits per heavy atom. The van der Waals surface area contributed by atoms with Gasteiger partial charge < -0.3 is 24.6 Å². The first-order valence-electron chi connectivity index (χ1n) is 10.0. The summed E-state index contributed by atoms with van der Waals surface area (Å²) in [7, 11) is 5.43. The van der Waals surface area contributed by atoms with E-state index in [1.807, 2.05) is 12.1 Å². The fraction of sp³-hybridized carbons (Fsp3) is 0.667. The number of likely N-dealkylation sites (tertiary alicyclic amines) is 1. The topological polar surface area (TPSA) is 49.3 Å². The van der Waals surface area contributed by atoms with Crippen molar-refractivity contribution in [2.45, 2.75) is 33.2 Å². The van der Waals surface area contributed by atoms with E-state index in [9.17, 15) is 0 Å². The van der Waals surface area contributed by atoms with E-state index in [0.717, 1.165) is 42.7 Å². The number of guanidine groups is 1. The minimum Gasteiger partial charge on any atom is -0.497 e.